The second-order valence-corrected chi connectivity index (χ2v) is 6.90. The second kappa shape index (κ2) is 7.35. The smallest absolute Gasteiger partial charge is 0.338 e. The molecular formula is C14H19FN2O5S. The van der Waals surface area contributed by atoms with Crippen LogP contribution in [0.1, 0.15) is 30.1 Å². The predicted molar refractivity (Wildman–Crippen MR) is 79.9 cm³/mol. The average molecular weight is 346 g/mol. The quantitative estimate of drug-likeness (QED) is 0.804. The molecule has 1 aromatic rings. The number of carboxylic acid groups (broad SMARTS) is 1. The number of nitrogens with zero attached hydrogens (tertiary/aromatic N) is 1. The van der Waals surface area contributed by atoms with Gasteiger partial charge in [-0.05, 0) is 38.0 Å². The summed E-state index contributed by atoms with van der Waals surface area (Å²) in [6, 6.07) is 2.49. The topological polar surface area (TPSA) is 95.9 Å². The Balaban J connectivity index is 2.05. The lowest BCUT2D eigenvalue weighted by Crippen LogP contribution is -2.44. The fraction of sp³-hybridized carbons (Fsp3) is 0.500. The minimum absolute atomic E-state index is 0.265. The lowest BCUT2D eigenvalue weighted by Gasteiger charge is -2.31. The van der Waals surface area contributed by atoms with Crippen LogP contribution in [0.15, 0.2) is 23.1 Å². The summed E-state index contributed by atoms with van der Waals surface area (Å²) in [5, 5.41) is 10.6. The fourth-order valence-corrected chi connectivity index (χ4v) is 3.73. The SMILES string of the molecule is CCON1CCC(NS(=O)(=O)c2ccc(C(=O)O)c(F)c2)CC1. The van der Waals surface area contributed by atoms with Crippen molar-refractivity contribution >= 4 is 16.0 Å². The highest BCUT2D eigenvalue weighted by Gasteiger charge is 2.26. The van der Waals surface area contributed by atoms with Crippen molar-refractivity contribution in [1.82, 2.24) is 9.79 Å². The molecule has 0 spiro atoms. The standard InChI is InChI=1S/C14H19FN2O5S/c1-2-22-17-7-5-10(6-8-17)16-23(20,21)11-3-4-12(14(18)19)13(15)9-11/h3-4,9-10,16H,2,5-8H2,1H3,(H,18,19). The van der Waals surface area contributed by atoms with Crippen molar-refractivity contribution in [2.45, 2.75) is 30.7 Å². The van der Waals surface area contributed by atoms with Crippen LogP contribution in [0.5, 0.6) is 0 Å². The number of halogens is 1. The van der Waals surface area contributed by atoms with Crippen molar-refractivity contribution in [1.29, 1.82) is 0 Å². The van der Waals surface area contributed by atoms with Gasteiger partial charge in [0, 0.05) is 19.1 Å². The van der Waals surface area contributed by atoms with Gasteiger partial charge >= 0.3 is 5.97 Å². The zero-order chi connectivity index (χ0) is 17.0. The molecule has 2 rings (SSSR count). The van der Waals surface area contributed by atoms with Crippen molar-refractivity contribution in [3.05, 3.63) is 29.6 Å². The van der Waals surface area contributed by atoms with E-state index in [-0.39, 0.29) is 10.9 Å². The van der Waals surface area contributed by atoms with E-state index in [1.54, 1.807) is 5.06 Å². The molecular weight excluding hydrogens is 327 g/mol. The van der Waals surface area contributed by atoms with E-state index < -0.39 is 27.4 Å². The third-order valence-electron chi connectivity index (χ3n) is 3.57. The number of rotatable bonds is 6. The number of piperidine rings is 1. The Morgan fingerprint density at radius 3 is 2.61 bits per heavy atom. The number of hydroxylamine groups is 2. The number of sulfonamides is 1. The van der Waals surface area contributed by atoms with E-state index in [0.29, 0.717) is 32.5 Å². The van der Waals surface area contributed by atoms with Gasteiger partial charge in [0.2, 0.25) is 10.0 Å². The molecule has 1 saturated heterocycles. The monoisotopic (exact) mass is 346 g/mol. The summed E-state index contributed by atoms with van der Waals surface area (Å²) in [5.41, 5.74) is -0.561. The molecule has 0 amide bonds. The van der Waals surface area contributed by atoms with E-state index in [1.807, 2.05) is 6.92 Å². The molecule has 23 heavy (non-hydrogen) atoms. The molecule has 1 aliphatic heterocycles. The maximum atomic E-state index is 13.6. The first kappa shape index (κ1) is 17.8. The Hall–Kier alpha value is -1.55. The first-order valence-electron chi connectivity index (χ1n) is 7.26. The normalized spacial score (nSPS) is 17.3. The second-order valence-electron chi connectivity index (χ2n) is 5.19. The zero-order valence-electron chi connectivity index (χ0n) is 12.7. The molecule has 2 N–H and O–H groups in total. The molecule has 1 aliphatic rings. The summed E-state index contributed by atoms with van der Waals surface area (Å²) in [4.78, 5) is 15.8. The molecule has 0 unspecified atom stereocenters. The van der Waals surface area contributed by atoms with Gasteiger partial charge in [0.15, 0.2) is 0 Å². The van der Waals surface area contributed by atoms with Crippen molar-refractivity contribution in [3.63, 3.8) is 0 Å². The molecule has 0 radical (unpaired) electrons. The Bertz CT molecular complexity index is 672. The molecule has 0 aliphatic carbocycles. The minimum Gasteiger partial charge on any atom is -0.478 e. The number of carbonyl (C=O) groups is 1. The van der Waals surface area contributed by atoms with Crippen molar-refractivity contribution in [2.75, 3.05) is 19.7 Å². The molecule has 1 fully saturated rings. The van der Waals surface area contributed by atoms with Gasteiger partial charge in [0.25, 0.3) is 0 Å². The summed E-state index contributed by atoms with van der Waals surface area (Å²) < 4.78 is 40.7. The zero-order valence-corrected chi connectivity index (χ0v) is 13.5. The lowest BCUT2D eigenvalue weighted by atomic mass is 10.1. The third kappa shape index (κ3) is 4.47. The highest BCUT2D eigenvalue weighted by Crippen LogP contribution is 2.18. The van der Waals surface area contributed by atoms with Crippen molar-refractivity contribution in [2.24, 2.45) is 0 Å². The Morgan fingerprint density at radius 2 is 2.09 bits per heavy atom. The highest BCUT2D eigenvalue weighted by molar-refractivity contribution is 7.89. The van der Waals surface area contributed by atoms with Gasteiger partial charge in [-0.1, -0.05) is 0 Å². The van der Waals surface area contributed by atoms with Gasteiger partial charge in [0.1, 0.15) is 5.82 Å². The van der Waals surface area contributed by atoms with E-state index in [2.05, 4.69) is 4.72 Å². The van der Waals surface area contributed by atoms with Gasteiger partial charge in [-0.3, -0.25) is 4.84 Å². The summed E-state index contributed by atoms with van der Waals surface area (Å²) in [6.45, 7) is 3.65. The van der Waals surface area contributed by atoms with Crippen LogP contribution >= 0.6 is 0 Å². The van der Waals surface area contributed by atoms with E-state index >= 15 is 0 Å². The first-order chi connectivity index (χ1) is 10.8. The number of nitrogens with one attached hydrogen (secondary N) is 1. The summed E-state index contributed by atoms with van der Waals surface area (Å²) in [7, 11) is -3.90. The minimum atomic E-state index is -3.90. The Labute approximate surface area is 134 Å². The van der Waals surface area contributed by atoms with Gasteiger partial charge in [-0.2, -0.15) is 5.06 Å². The van der Waals surface area contributed by atoms with Crippen LogP contribution in [0.25, 0.3) is 0 Å². The molecule has 7 nitrogen and oxygen atoms in total. The van der Waals surface area contributed by atoms with Crippen molar-refractivity contribution < 1.29 is 27.5 Å². The molecule has 1 aromatic carbocycles. The van der Waals surface area contributed by atoms with Crippen LogP contribution < -0.4 is 4.72 Å². The van der Waals surface area contributed by atoms with Gasteiger partial charge in [0.05, 0.1) is 17.1 Å². The van der Waals surface area contributed by atoms with Crippen LogP contribution in [0.2, 0.25) is 0 Å². The molecule has 0 atom stereocenters. The van der Waals surface area contributed by atoms with Gasteiger partial charge in [-0.15, -0.1) is 0 Å². The molecule has 0 saturated carbocycles. The fourth-order valence-electron chi connectivity index (χ4n) is 2.41. The Kier molecular flexibility index (Phi) is 5.69. The van der Waals surface area contributed by atoms with E-state index in [0.717, 1.165) is 18.2 Å². The molecule has 0 bridgehead atoms. The number of carboxylic acids is 1. The van der Waals surface area contributed by atoms with Crippen LogP contribution in [0.4, 0.5) is 4.39 Å². The lowest BCUT2D eigenvalue weighted by molar-refractivity contribution is -0.166. The molecule has 128 valence electrons. The predicted octanol–water partition coefficient (Wildman–Crippen LogP) is 1.22. The average Bonchev–Trinajstić information content (AvgIpc) is 2.49. The summed E-state index contributed by atoms with van der Waals surface area (Å²) in [5.74, 6) is -2.52. The van der Waals surface area contributed by atoms with E-state index in [4.69, 9.17) is 9.94 Å². The summed E-state index contributed by atoms with van der Waals surface area (Å²) >= 11 is 0. The largest absolute Gasteiger partial charge is 0.478 e. The van der Waals surface area contributed by atoms with Crippen LogP contribution in [-0.4, -0.2) is 50.3 Å². The van der Waals surface area contributed by atoms with Crippen LogP contribution in [0, 0.1) is 5.82 Å². The van der Waals surface area contributed by atoms with Gasteiger partial charge in [-0.25, -0.2) is 22.3 Å². The summed E-state index contributed by atoms with van der Waals surface area (Å²) in [6.07, 6.45) is 1.16. The van der Waals surface area contributed by atoms with E-state index in [9.17, 15) is 17.6 Å². The number of aromatic carboxylic acids is 1. The van der Waals surface area contributed by atoms with Crippen LogP contribution in [-0.2, 0) is 14.9 Å². The van der Waals surface area contributed by atoms with Gasteiger partial charge < -0.3 is 5.11 Å². The number of benzene rings is 1. The number of hydrogen-bond acceptors (Lipinski definition) is 5. The maximum absolute atomic E-state index is 13.6. The highest BCUT2D eigenvalue weighted by atomic mass is 32.2. The Morgan fingerprint density at radius 1 is 1.43 bits per heavy atom. The maximum Gasteiger partial charge on any atom is 0.338 e. The van der Waals surface area contributed by atoms with Crippen LogP contribution in [0.3, 0.4) is 0 Å². The van der Waals surface area contributed by atoms with E-state index in [1.165, 1.54) is 0 Å². The first-order valence-corrected chi connectivity index (χ1v) is 8.75. The molecule has 0 aromatic heterocycles. The number of hydrogen-bond donors (Lipinski definition) is 2. The van der Waals surface area contributed by atoms with Crippen molar-refractivity contribution in [3.8, 4) is 0 Å². The molecule has 1 heterocycles. The third-order valence-corrected chi connectivity index (χ3v) is 5.09. The molecule has 9 heteroatoms.